The van der Waals surface area contributed by atoms with Crippen LogP contribution in [0.1, 0.15) is 55.4 Å². The predicted molar refractivity (Wildman–Crippen MR) is 113 cm³/mol. The van der Waals surface area contributed by atoms with Crippen LogP contribution in [-0.4, -0.2) is 22.0 Å². The molecule has 2 heterocycles. The molecule has 1 atom stereocenters. The van der Waals surface area contributed by atoms with E-state index in [4.69, 9.17) is 4.52 Å². The van der Waals surface area contributed by atoms with Gasteiger partial charge in [0.05, 0.1) is 23.7 Å². The second kappa shape index (κ2) is 9.00. The molecular formula is C21H24N4O3S. The number of aryl methyl sites for hydroxylation is 1. The Labute approximate surface area is 173 Å². The summed E-state index contributed by atoms with van der Waals surface area (Å²) in [5.41, 5.74) is 2.18. The van der Waals surface area contributed by atoms with E-state index in [1.165, 1.54) is 18.3 Å². The molecule has 0 aliphatic carbocycles. The number of rotatable bonds is 7. The minimum absolute atomic E-state index is 0.120. The predicted octanol–water partition coefficient (Wildman–Crippen LogP) is 4.44. The Morgan fingerprint density at radius 3 is 2.62 bits per heavy atom. The van der Waals surface area contributed by atoms with Crippen LogP contribution in [0.5, 0.6) is 0 Å². The third-order valence-electron chi connectivity index (χ3n) is 4.38. The second-order valence-electron chi connectivity index (χ2n) is 7.13. The van der Waals surface area contributed by atoms with E-state index >= 15 is 0 Å². The Bertz CT molecular complexity index is 995. The van der Waals surface area contributed by atoms with Crippen LogP contribution in [0.2, 0.25) is 0 Å². The molecule has 0 saturated carbocycles. The lowest BCUT2D eigenvalue weighted by Crippen LogP contribution is -2.29. The van der Waals surface area contributed by atoms with Crippen molar-refractivity contribution in [2.24, 2.45) is 0 Å². The van der Waals surface area contributed by atoms with Crippen LogP contribution in [0.3, 0.4) is 0 Å². The second-order valence-corrected chi connectivity index (χ2v) is 8.11. The smallest absolute Gasteiger partial charge is 0.260 e. The number of para-hydroxylation sites is 1. The number of anilines is 1. The van der Waals surface area contributed by atoms with E-state index < -0.39 is 0 Å². The van der Waals surface area contributed by atoms with Crippen molar-refractivity contribution in [2.75, 3.05) is 5.32 Å². The molecule has 2 aromatic heterocycles. The summed E-state index contributed by atoms with van der Waals surface area (Å²) in [7, 11) is 0. The third-order valence-corrected chi connectivity index (χ3v) is 5.37. The maximum absolute atomic E-state index is 12.8. The third kappa shape index (κ3) is 5.08. The van der Waals surface area contributed by atoms with E-state index in [-0.39, 0.29) is 30.2 Å². The molecule has 8 heteroatoms. The van der Waals surface area contributed by atoms with Gasteiger partial charge in [-0.1, -0.05) is 37.2 Å². The number of aromatic nitrogens is 2. The van der Waals surface area contributed by atoms with Gasteiger partial charge in [-0.25, -0.2) is 0 Å². The molecule has 1 unspecified atom stereocenters. The summed E-state index contributed by atoms with van der Waals surface area (Å²) >= 11 is 1.50. The maximum atomic E-state index is 12.8. The molecule has 3 rings (SSSR count). The van der Waals surface area contributed by atoms with Crippen LogP contribution in [0.25, 0.3) is 11.5 Å². The van der Waals surface area contributed by atoms with E-state index in [9.17, 15) is 9.59 Å². The SMILES string of the molecule is CC(=O)NC(CC(=O)Nc1c(C)cccc1-c1nc(C(C)C)no1)c1cccs1. The molecule has 0 spiro atoms. The number of hydrogen-bond acceptors (Lipinski definition) is 6. The van der Waals surface area contributed by atoms with Crippen molar-refractivity contribution in [1.29, 1.82) is 0 Å². The van der Waals surface area contributed by atoms with Gasteiger partial charge in [-0.3, -0.25) is 9.59 Å². The Balaban J connectivity index is 1.83. The normalized spacial score (nSPS) is 12.0. The van der Waals surface area contributed by atoms with Gasteiger partial charge < -0.3 is 15.2 Å². The summed E-state index contributed by atoms with van der Waals surface area (Å²) in [6.07, 6.45) is 0.120. The standard InChI is InChI=1S/C21H24N4O3S/c1-12(2)20-24-21(28-25-20)15-8-5-7-13(3)19(15)23-18(27)11-16(22-14(4)26)17-9-6-10-29-17/h5-10,12,16H,11H2,1-4H3,(H,22,26)(H,23,27). The number of carbonyl (C=O) groups is 2. The average molecular weight is 413 g/mol. The highest BCUT2D eigenvalue weighted by Gasteiger charge is 2.21. The molecule has 1 aromatic carbocycles. The van der Waals surface area contributed by atoms with E-state index in [1.807, 2.05) is 56.5 Å². The molecule has 0 aliphatic rings. The summed E-state index contributed by atoms with van der Waals surface area (Å²) in [6, 6.07) is 9.05. The number of nitrogens with one attached hydrogen (secondary N) is 2. The summed E-state index contributed by atoms with van der Waals surface area (Å²) < 4.78 is 5.41. The number of carbonyl (C=O) groups excluding carboxylic acids is 2. The molecule has 0 radical (unpaired) electrons. The fraction of sp³-hybridized carbons (Fsp3) is 0.333. The van der Waals surface area contributed by atoms with E-state index in [1.54, 1.807) is 0 Å². The molecule has 3 aromatic rings. The summed E-state index contributed by atoms with van der Waals surface area (Å²) in [5.74, 6) is 0.724. The van der Waals surface area contributed by atoms with Crippen molar-refractivity contribution >= 4 is 28.8 Å². The molecule has 2 amide bonds. The first kappa shape index (κ1) is 20.7. The van der Waals surface area contributed by atoms with Crippen molar-refractivity contribution in [3.05, 3.63) is 52.0 Å². The van der Waals surface area contributed by atoms with Crippen LogP contribution < -0.4 is 10.6 Å². The topological polar surface area (TPSA) is 97.1 Å². The molecule has 0 fully saturated rings. The van der Waals surface area contributed by atoms with Crippen molar-refractivity contribution < 1.29 is 14.1 Å². The lowest BCUT2D eigenvalue weighted by atomic mass is 10.1. The average Bonchev–Trinajstić information content (AvgIpc) is 3.34. The van der Waals surface area contributed by atoms with Gasteiger partial charge >= 0.3 is 0 Å². The fourth-order valence-electron chi connectivity index (χ4n) is 2.92. The Morgan fingerprint density at radius 1 is 1.21 bits per heavy atom. The van der Waals surface area contributed by atoms with Gasteiger partial charge in [0.1, 0.15) is 0 Å². The first-order valence-electron chi connectivity index (χ1n) is 9.39. The molecule has 0 bridgehead atoms. The van der Waals surface area contributed by atoms with Crippen LogP contribution >= 0.6 is 11.3 Å². The van der Waals surface area contributed by atoms with Gasteiger partial charge in [-0.15, -0.1) is 11.3 Å². The highest BCUT2D eigenvalue weighted by Crippen LogP contribution is 2.31. The minimum Gasteiger partial charge on any atom is -0.348 e. The number of nitrogens with zero attached hydrogens (tertiary/aromatic N) is 2. The fourth-order valence-corrected chi connectivity index (χ4v) is 3.70. The monoisotopic (exact) mass is 412 g/mol. The largest absolute Gasteiger partial charge is 0.348 e. The zero-order valence-corrected chi connectivity index (χ0v) is 17.7. The van der Waals surface area contributed by atoms with E-state index in [0.717, 1.165) is 10.4 Å². The van der Waals surface area contributed by atoms with Crippen LogP contribution in [0, 0.1) is 6.92 Å². The zero-order valence-electron chi connectivity index (χ0n) is 16.9. The lowest BCUT2D eigenvalue weighted by Gasteiger charge is -2.17. The van der Waals surface area contributed by atoms with Gasteiger partial charge in [0.25, 0.3) is 5.89 Å². The first-order valence-corrected chi connectivity index (χ1v) is 10.3. The van der Waals surface area contributed by atoms with Crippen molar-refractivity contribution in [1.82, 2.24) is 15.5 Å². The summed E-state index contributed by atoms with van der Waals surface area (Å²) in [4.78, 5) is 29.8. The number of hydrogen-bond donors (Lipinski definition) is 2. The Hall–Kier alpha value is -3.00. The van der Waals surface area contributed by atoms with Crippen molar-refractivity contribution in [3.8, 4) is 11.5 Å². The molecular weight excluding hydrogens is 388 g/mol. The highest BCUT2D eigenvalue weighted by atomic mass is 32.1. The van der Waals surface area contributed by atoms with Gasteiger partial charge in [-0.2, -0.15) is 4.98 Å². The minimum atomic E-state index is -0.379. The number of thiophene rings is 1. The van der Waals surface area contributed by atoms with Gasteiger partial charge in [0.15, 0.2) is 5.82 Å². The van der Waals surface area contributed by atoms with Crippen LogP contribution in [-0.2, 0) is 9.59 Å². The maximum Gasteiger partial charge on any atom is 0.260 e. The highest BCUT2D eigenvalue weighted by molar-refractivity contribution is 7.10. The Kier molecular flexibility index (Phi) is 6.43. The van der Waals surface area contributed by atoms with Crippen molar-refractivity contribution in [3.63, 3.8) is 0 Å². The van der Waals surface area contributed by atoms with Gasteiger partial charge in [-0.05, 0) is 30.0 Å². The molecule has 7 nitrogen and oxygen atoms in total. The van der Waals surface area contributed by atoms with Crippen LogP contribution in [0.15, 0.2) is 40.2 Å². The molecule has 0 saturated heterocycles. The zero-order chi connectivity index (χ0) is 21.0. The molecule has 2 N–H and O–H groups in total. The quantitative estimate of drug-likeness (QED) is 0.598. The first-order chi connectivity index (χ1) is 13.8. The summed E-state index contributed by atoms with van der Waals surface area (Å²) in [5, 5.41) is 11.7. The Morgan fingerprint density at radius 2 is 2.00 bits per heavy atom. The van der Waals surface area contributed by atoms with E-state index in [2.05, 4.69) is 20.8 Å². The lowest BCUT2D eigenvalue weighted by molar-refractivity contribution is -0.120. The molecule has 29 heavy (non-hydrogen) atoms. The molecule has 152 valence electrons. The number of benzene rings is 1. The van der Waals surface area contributed by atoms with Crippen LogP contribution in [0.4, 0.5) is 5.69 Å². The van der Waals surface area contributed by atoms with Gasteiger partial charge in [0, 0.05) is 17.7 Å². The van der Waals surface area contributed by atoms with Crippen molar-refractivity contribution in [2.45, 2.75) is 46.1 Å². The number of amides is 2. The van der Waals surface area contributed by atoms with E-state index in [0.29, 0.717) is 23.0 Å². The molecule has 0 aliphatic heterocycles. The summed E-state index contributed by atoms with van der Waals surface area (Å²) in [6.45, 7) is 7.32. The van der Waals surface area contributed by atoms with Gasteiger partial charge in [0.2, 0.25) is 11.8 Å².